The largest absolute Gasteiger partial charge is 0.497 e. The lowest BCUT2D eigenvalue weighted by molar-refractivity contribution is 0.256. The van der Waals surface area contributed by atoms with Crippen molar-refractivity contribution in [1.82, 2.24) is 4.98 Å². The van der Waals surface area contributed by atoms with Crippen LogP contribution in [0.1, 0.15) is 16.7 Å². The van der Waals surface area contributed by atoms with Crippen LogP contribution in [0.5, 0.6) is 23.0 Å². The quantitative estimate of drug-likeness (QED) is 0.400. The molecule has 2 N–H and O–H groups in total. The molecule has 0 fully saturated rings. The molecule has 3 aromatic carbocycles. The Morgan fingerprint density at radius 2 is 1.30 bits per heavy atom. The number of nitrogens with one attached hydrogen (secondary N) is 1. The second kappa shape index (κ2) is 10.1. The van der Waals surface area contributed by atoms with E-state index in [0.717, 1.165) is 22.6 Å². The Hall–Kier alpha value is -3.97. The van der Waals surface area contributed by atoms with Crippen LogP contribution in [0.4, 0.5) is 0 Å². The molecule has 0 aliphatic heterocycles. The van der Waals surface area contributed by atoms with Crippen molar-refractivity contribution in [3.8, 4) is 23.0 Å². The van der Waals surface area contributed by atoms with Crippen molar-refractivity contribution in [2.45, 2.75) is 19.8 Å². The van der Waals surface area contributed by atoms with Gasteiger partial charge >= 0.3 is 0 Å². The van der Waals surface area contributed by atoms with Gasteiger partial charge in [-0.15, -0.1) is 0 Å². The molecular formula is C26H25NO6. The third-order valence-corrected chi connectivity index (χ3v) is 5.30. The van der Waals surface area contributed by atoms with Crippen molar-refractivity contribution in [3.63, 3.8) is 0 Å². The molecule has 4 aromatic rings. The summed E-state index contributed by atoms with van der Waals surface area (Å²) >= 11 is 0. The van der Waals surface area contributed by atoms with Crippen molar-refractivity contribution in [2.75, 3.05) is 14.2 Å². The van der Waals surface area contributed by atoms with Crippen LogP contribution in [-0.4, -0.2) is 24.3 Å². The van der Waals surface area contributed by atoms with Gasteiger partial charge in [0.1, 0.15) is 24.7 Å². The molecule has 0 saturated heterocycles. The Morgan fingerprint density at radius 3 is 1.79 bits per heavy atom. The minimum atomic E-state index is -0.344. The molecule has 0 saturated carbocycles. The van der Waals surface area contributed by atoms with Gasteiger partial charge < -0.3 is 29.0 Å². The topological polar surface area (TPSA) is 90.0 Å². The van der Waals surface area contributed by atoms with Crippen LogP contribution >= 0.6 is 0 Å². The summed E-state index contributed by atoms with van der Waals surface area (Å²) in [6, 6.07) is 18.5. The number of aromatic amines is 1. The number of H-pyrrole nitrogens is 1. The van der Waals surface area contributed by atoms with E-state index >= 15 is 0 Å². The van der Waals surface area contributed by atoms with E-state index < -0.39 is 0 Å². The van der Waals surface area contributed by atoms with Gasteiger partial charge in [0, 0.05) is 23.2 Å². The van der Waals surface area contributed by atoms with E-state index in [2.05, 4.69) is 4.98 Å². The average Bonchev–Trinajstić information content (AvgIpc) is 2.87. The summed E-state index contributed by atoms with van der Waals surface area (Å²) in [5.74, 6) is 2.47. The Labute approximate surface area is 191 Å². The number of hydrogen-bond donors (Lipinski definition) is 2. The fourth-order valence-corrected chi connectivity index (χ4v) is 3.38. The SMILES string of the molecule is COc1ccc(COc2cc3[nH]cc(CO)c(=O)c3cc2OCc2ccc(OC)cc2)cc1. The molecule has 1 aromatic heterocycles. The van der Waals surface area contributed by atoms with Gasteiger partial charge in [-0.25, -0.2) is 0 Å². The Morgan fingerprint density at radius 1 is 0.788 bits per heavy atom. The smallest absolute Gasteiger partial charge is 0.195 e. The molecule has 170 valence electrons. The molecule has 7 heteroatoms. The highest BCUT2D eigenvalue weighted by atomic mass is 16.5. The maximum Gasteiger partial charge on any atom is 0.195 e. The summed E-state index contributed by atoms with van der Waals surface area (Å²) in [6.07, 6.45) is 1.51. The fourth-order valence-electron chi connectivity index (χ4n) is 3.38. The van der Waals surface area contributed by atoms with Crippen molar-refractivity contribution in [3.05, 3.63) is 93.8 Å². The highest BCUT2D eigenvalue weighted by Crippen LogP contribution is 2.32. The van der Waals surface area contributed by atoms with Crippen LogP contribution in [0, 0.1) is 0 Å². The lowest BCUT2D eigenvalue weighted by Gasteiger charge is -2.15. The van der Waals surface area contributed by atoms with Crippen molar-refractivity contribution < 1.29 is 24.1 Å². The summed E-state index contributed by atoms with van der Waals surface area (Å²) in [5.41, 5.74) is 2.53. The number of ether oxygens (including phenoxy) is 4. The summed E-state index contributed by atoms with van der Waals surface area (Å²) in [7, 11) is 3.24. The minimum absolute atomic E-state index is 0.248. The predicted molar refractivity (Wildman–Crippen MR) is 125 cm³/mol. The molecule has 0 bridgehead atoms. The number of hydrogen-bond acceptors (Lipinski definition) is 6. The third-order valence-electron chi connectivity index (χ3n) is 5.30. The maximum atomic E-state index is 12.7. The normalized spacial score (nSPS) is 10.8. The van der Waals surface area contributed by atoms with Crippen LogP contribution in [0.2, 0.25) is 0 Å². The van der Waals surface area contributed by atoms with Gasteiger partial charge in [0.15, 0.2) is 16.9 Å². The van der Waals surface area contributed by atoms with Crippen LogP contribution < -0.4 is 24.4 Å². The van der Waals surface area contributed by atoms with E-state index in [1.54, 1.807) is 26.4 Å². The number of pyridine rings is 1. The first-order valence-electron chi connectivity index (χ1n) is 10.4. The van der Waals surface area contributed by atoms with Crippen LogP contribution in [0.3, 0.4) is 0 Å². The van der Waals surface area contributed by atoms with E-state index in [9.17, 15) is 9.90 Å². The lowest BCUT2D eigenvalue weighted by atomic mass is 10.1. The molecule has 0 unspecified atom stereocenters. The number of aromatic nitrogens is 1. The number of benzene rings is 3. The zero-order valence-electron chi connectivity index (χ0n) is 18.5. The molecule has 0 atom stereocenters. The van der Waals surface area contributed by atoms with Gasteiger partial charge in [0.2, 0.25) is 0 Å². The molecule has 7 nitrogen and oxygen atoms in total. The predicted octanol–water partition coefficient (Wildman–Crippen LogP) is 4.20. The van der Waals surface area contributed by atoms with Crippen LogP contribution in [-0.2, 0) is 19.8 Å². The number of aliphatic hydroxyl groups excluding tert-OH is 1. The first-order chi connectivity index (χ1) is 16.1. The van der Waals surface area contributed by atoms with E-state index in [4.69, 9.17) is 18.9 Å². The zero-order chi connectivity index (χ0) is 23.2. The number of aliphatic hydroxyl groups is 1. The van der Waals surface area contributed by atoms with E-state index in [1.807, 2.05) is 48.5 Å². The highest BCUT2D eigenvalue weighted by molar-refractivity contribution is 5.83. The molecule has 4 rings (SSSR count). The summed E-state index contributed by atoms with van der Waals surface area (Å²) in [4.78, 5) is 15.8. The summed E-state index contributed by atoms with van der Waals surface area (Å²) in [5, 5.41) is 9.87. The van der Waals surface area contributed by atoms with Crippen LogP contribution in [0.25, 0.3) is 10.9 Å². The van der Waals surface area contributed by atoms with Gasteiger partial charge in [0.25, 0.3) is 0 Å². The van der Waals surface area contributed by atoms with Gasteiger partial charge in [-0.2, -0.15) is 0 Å². The van der Waals surface area contributed by atoms with Gasteiger partial charge in [-0.3, -0.25) is 4.79 Å². The summed E-state index contributed by atoms with van der Waals surface area (Å²) < 4.78 is 22.5. The Balaban J connectivity index is 1.63. The zero-order valence-corrected chi connectivity index (χ0v) is 18.5. The van der Waals surface area contributed by atoms with Crippen molar-refractivity contribution in [2.24, 2.45) is 0 Å². The number of fused-ring (bicyclic) bond motifs is 1. The van der Waals surface area contributed by atoms with Gasteiger partial charge in [-0.05, 0) is 41.5 Å². The molecule has 33 heavy (non-hydrogen) atoms. The fraction of sp³-hybridized carbons (Fsp3) is 0.192. The van der Waals surface area contributed by atoms with Crippen molar-refractivity contribution in [1.29, 1.82) is 0 Å². The standard InChI is InChI=1S/C26H25NO6/c1-30-20-7-3-17(4-8-20)15-32-24-11-22-23(27-13-19(14-28)26(22)29)12-25(24)33-16-18-5-9-21(31-2)10-6-18/h3-13,28H,14-16H2,1-2H3,(H,27,29). The van der Waals surface area contributed by atoms with Crippen molar-refractivity contribution >= 4 is 10.9 Å². The molecule has 0 spiro atoms. The minimum Gasteiger partial charge on any atom is -0.497 e. The van der Waals surface area contributed by atoms with E-state index in [1.165, 1.54) is 6.20 Å². The third kappa shape index (κ3) is 5.10. The van der Waals surface area contributed by atoms with E-state index in [-0.39, 0.29) is 24.2 Å². The molecule has 1 heterocycles. The molecule has 0 aliphatic carbocycles. The number of rotatable bonds is 9. The highest BCUT2D eigenvalue weighted by Gasteiger charge is 2.13. The second-order valence-electron chi connectivity index (χ2n) is 7.42. The molecule has 0 aliphatic rings. The second-order valence-corrected chi connectivity index (χ2v) is 7.42. The lowest BCUT2D eigenvalue weighted by Crippen LogP contribution is -2.10. The number of methoxy groups -OCH3 is 2. The Kier molecular flexibility index (Phi) is 6.80. The Bertz CT molecular complexity index is 1280. The van der Waals surface area contributed by atoms with Gasteiger partial charge in [0.05, 0.1) is 26.3 Å². The maximum absolute atomic E-state index is 12.7. The van der Waals surface area contributed by atoms with Gasteiger partial charge in [-0.1, -0.05) is 24.3 Å². The molecule has 0 amide bonds. The first-order valence-corrected chi connectivity index (χ1v) is 10.4. The average molecular weight is 447 g/mol. The molecular weight excluding hydrogens is 422 g/mol. The monoisotopic (exact) mass is 447 g/mol. The van der Waals surface area contributed by atoms with E-state index in [0.29, 0.717) is 29.0 Å². The summed E-state index contributed by atoms with van der Waals surface area (Å²) in [6.45, 7) is 0.252. The first kappa shape index (κ1) is 22.2. The molecule has 0 radical (unpaired) electrons. The van der Waals surface area contributed by atoms with Crippen LogP contribution in [0.15, 0.2) is 71.7 Å².